The van der Waals surface area contributed by atoms with Crippen LogP contribution in [0.15, 0.2) is 53.7 Å². The van der Waals surface area contributed by atoms with Crippen LogP contribution in [0.1, 0.15) is 37.1 Å². The minimum Gasteiger partial charge on any atom is -0.465 e. The summed E-state index contributed by atoms with van der Waals surface area (Å²) in [4.78, 5) is 50.0. The predicted molar refractivity (Wildman–Crippen MR) is 166 cm³/mol. The summed E-state index contributed by atoms with van der Waals surface area (Å²) in [5, 5.41) is 20.6. The van der Waals surface area contributed by atoms with Crippen LogP contribution in [0, 0.1) is 24.1 Å². The Morgan fingerprint density at radius 2 is 1.83 bits per heavy atom. The van der Waals surface area contributed by atoms with Gasteiger partial charge in [0.1, 0.15) is 23.1 Å². The van der Waals surface area contributed by atoms with Crippen LogP contribution >= 0.6 is 23.2 Å². The summed E-state index contributed by atoms with van der Waals surface area (Å²) in [6, 6.07) is 9.48. The Morgan fingerprint density at radius 3 is 2.40 bits per heavy atom. The Balaban J connectivity index is 1.39. The van der Waals surface area contributed by atoms with Crippen LogP contribution in [-0.4, -0.2) is 81.1 Å². The number of carbonyl (C=O) groups excluding carboxylic acids is 2. The lowest BCUT2D eigenvalue weighted by atomic mass is 9.79. The van der Waals surface area contributed by atoms with E-state index in [1.807, 2.05) is 19.1 Å². The Labute approximate surface area is 279 Å². The van der Waals surface area contributed by atoms with Gasteiger partial charge < -0.3 is 15.3 Å². The van der Waals surface area contributed by atoms with Gasteiger partial charge in [-0.2, -0.15) is 5.26 Å². The Hall–Kier alpha value is -4.32. The van der Waals surface area contributed by atoms with Crippen molar-refractivity contribution in [3.63, 3.8) is 0 Å². The van der Waals surface area contributed by atoms with Crippen LogP contribution in [-0.2, 0) is 25.0 Å². The van der Waals surface area contributed by atoms with Crippen molar-refractivity contribution in [2.45, 2.75) is 59.9 Å². The Bertz CT molecular complexity index is 1990. The molecule has 3 aromatic rings. The summed E-state index contributed by atoms with van der Waals surface area (Å²) in [5.41, 5.74) is -1.71. The number of amides is 3. The summed E-state index contributed by atoms with van der Waals surface area (Å²) >= 11 is 12.4. The number of benzene rings is 1. The molecule has 0 spiro atoms. The van der Waals surface area contributed by atoms with Gasteiger partial charge >= 0.3 is 6.09 Å². The van der Waals surface area contributed by atoms with E-state index in [4.69, 9.17) is 23.2 Å². The van der Waals surface area contributed by atoms with E-state index in [0.29, 0.717) is 23.3 Å². The molecular formula is C31H27Cl2FN6O6S. The third kappa shape index (κ3) is 5.56. The molecule has 12 nitrogen and oxygen atoms in total. The first-order chi connectivity index (χ1) is 22.2. The number of aromatic nitrogens is 2. The molecule has 3 amide bonds. The van der Waals surface area contributed by atoms with Crippen molar-refractivity contribution in [1.29, 1.82) is 5.26 Å². The predicted octanol–water partition coefficient (Wildman–Crippen LogP) is 4.09. The first-order valence-corrected chi connectivity index (χ1v) is 16.9. The second-order valence-corrected chi connectivity index (χ2v) is 15.0. The number of sulfone groups is 1. The van der Waals surface area contributed by atoms with Gasteiger partial charge in [-0.15, -0.1) is 0 Å². The molecule has 0 bridgehead atoms. The van der Waals surface area contributed by atoms with Gasteiger partial charge in [-0.1, -0.05) is 29.3 Å². The van der Waals surface area contributed by atoms with E-state index in [9.17, 15) is 33.2 Å². The fraction of sp³-hybridized carbons (Fsp3) is 0.355. The maximum absolute atomic E-state index is 15.3. The quantitative estimate of drug-likeness (QED) is 0.368. The summed E-state index contributed by atoms with van der Waals surface area (Å²) in [6.45, 7) is 1.13. The maximum atomic E-state index is 15.3. The fourth-order valence-electron chi connectivity index (χ4n) is 6.25. The van der Waals surface area contributed by atoms with Gasteiger partial charge in [0.05, 0.1) is 26.3 Å². The van der Waals surface area contributed by atoms with Crippen molar-refractivity contribution >= 4 is 50.9 Å². The molecule has 1 aromatic carbocycles. The molecule has 3 fully saturated rings. The van der Waals surface area contributed by atoms with Gasteiger partial charge in [0.25, 0.3) is 5.91 Å². The minimum atomic E-state index is -4.31. The fourth-order valence-corrected chi connectivity index (χ4v) is 8.64. The van der Waals surface area contributed by atoms with Gasteiger partial charge in [-0.05, 0) is 67.6 Å². The highest BCUT2D eigenvalue weighted by molar-refractivity contribution is 7.92. The first kappa shape index (κ1) is 32.6. The van der Waals surface area contributed by atoms with Crippen molar-refractivity contribution in [1.82, 2.24) is 25.1 Å². The molecule has 2 aliphatic heterocycles. The van der Waals surface area contributed by atoms with Crippen LogP contribution in [0.25, 0.3) is 11.1 Å². The molecule has 6 rings (SSSR count). The van der Waals surface area contributed by atoms with Crippen LogP contribution < -0.4 is 5.32 Å². The number of hydrogen-bond donors (Lipinski definition) is 2. The van der Waals surface area contributed by atoms with Gasteiger partial charge in [0.15, 0.2) is 15.4 Å². The number of carboxylic acid groups (broad SMARTS) is 1. The molecule has 0 radical (unpaired) electrons. The largest absolute Gasteiger partial charge is 0.465 e. The van der Waals surface area contributed by atoms with Crippen molar-refractivity contribution < 1.29 is 32.3 Å². The van der Waals surface area contributed by atoms with E-state index in [1.54, 1.807) is 18.3 Å². The molecule has 3 aliphatic rings. The SMILES string of the molecule is Cc1cc(-c2ccc(S(=O)(=O)[C@@H]3C[C@@H](C(=O)NC4(C#N)CC4)N(C(=O)C4(c5ncc(Cl)cc5F)CCN4C(=O)O)C3)c(Cl)c2)ccn1. The molecule has 1 aliphatic carbocycles. The summed E-state index contributed by atoms with van der Waals surface area (Å²) in [5.74, 6) is -2.85. The molecule has 47 heavy (non-hydrogen) atoms. The van der Waals surface area contributed by atoms with E-state index in [-0.39, 0.29) is 34.3 Å². The second kappa shape index (κ2) is 11.7. The van der Waals surface area contributed by atoms with Crippen molar-refractivity contribution in [2.75, 3.05) is 13.1 Å². The summed E-state index contributed by atoms with van der Waals surface area (Å²) in [7, 11) is -4.31. The molecular weight excluding hydrogens is 674 g/mol. The van der Waals surface area contributed by atoms with E-state index in [2.05, 4.69) is 15.3 Å². The van der Waals surface area contributed by atoms with E-state index < -0.39 is 68.2 Å². The molecule has 1 unspecified atom stereocenters. The zero-order valence-electron chi connectivity index (χ0n) is 24.8. The van der Waals surface area contributed by atoms with Gasteiger partial charge in [0, 0.05) is 37.6 Å². The van der Waals surface area contributed by atoms with Crippen LogP contribution in [0.3, 0.4) is 0 Å². The number of nitrogens with zero attached hydrogens (tertiary/aromatic N) is 5. The highest BCUT2D eigenvalue weighted by Crippen LogP contribution is 2.45. The third-order valence-corrected chi connectivity index (χ3v) is 11.8. The number of nitrogens with one attached hydrogen (secondary N) is 1. The number of pyridine rings is 2. The molecule has 2 aromatic heterocycles. The summed E-state index contributed by atoms with van der Waals surface area (Å²) in [6.07, 6.45) is 1.31. The molecule has 1 saturated carbocycles. The number of halogens is 3. The Morgan fingerprint density at radius 1 is 1.11 bits per heavy atom. The molecule has 16 heteroatoms. The number of likely N-dealkylation sites (tertiary alicyclic amines) is 2. The van der Waals surface area contributed by atoms with Crippen molar-refractivity contribution in [3.05, 3.63) is 76.0 Å². The molecule has 244 valence electrons. The number of hydrogen-bond acceptors (Lipinski definition) is 8. The average Bonchev–Trinajstić information content (AvgIpc) is 3.61. The van der Waals surface area contributed by atoms with Gasteiger partial charge in [-0.3, -0.25) is 24.5 Å². The molecule has 2 saturated heterocycles. The molecule has 2 N–H and O–H groups in total. The van der Waals surface area contributed by atoms with E-state index in [0.717, 1.165) is 28.4 Å². The van der Waals surface area contributed by atoms with Crippen LogP contribution in [0.5, 0.6) is 0 Å². The highest BCUT2D eigenvalue weighted by Gasteiger charge is 2.62. The van der Waals surface area contributed by atoms with Crippen LogP contribution in [0.4, 0.5) is 9.18 Å². The number of rotatable bonds is 7. The molecule has 3 atom stereocenters. The lowest BCUT2D eigenvalue weighted by Crippen LogP contribution is -2.68. The number of nitriles is 1. The average molecular weight is 702 g/mol. The third-order valence-electron chi connectivity index (χ3n) is 9.00. The zero-order valence-corrected chi connectivity index (χ0v) is 27.1. The smallest absolute Gasteiger partial charge is 0.408 e. The van der Waals surface area contributed by atoms with Crippen molar-refractivity contribution in [2.24, 2.45) is 0 Å². The standard InChI is InChI=1S/C31H27Cl2FN6O6S/c1-17-10-19(4-8-36-17)18-2-3-25(22(33)11-18)47(45,46)21-13-24(27(41)38-30(16-35)5-6-30)39(15-21)28(42)31(7-9-40(31)29(43)44)26-23(34)12-20(32)14-37-26/h2-4,8,10-12,14,21,24H,5-7,9,13,15H2,1H3,(H,38,41)(H,43,44)/t21-,24+,31?/m1/s1. The van der Waals surface area contributed by atoms with Crippen molar-refractivity contribution in [3.8, 4) is 17.2 Å². The monoisotopic (exact) mass is 700 g/mol. The first-order valence-electron chi connectivity index (χ1n) is 14.6. The van der Waals surface area contributed by atoms with Gasteiger partial charge in [-0.25, -0.2) is 17.6 Å². The number of carbonyl (C=O) groups is 3. The normalized spacial score (nSPS) is 23.0. The lowest BCUT2D eigenvalue weighted by Gasteiger charge is -2.50. The van der Waals surface area contributed by atoms with Gasteiger partial charge in [0.2, 0.25) is 5.91 Å². The Kier molecular flexibility index (Phi) is 8.14. The zero-order chi connectivity index (χ0) is 33.9. The van der Waals surface area contributed by atoms with E-state index in [1.165, 1.54) is 12.1 Å². The summed E-state index contributed by atoms with van der Waals surface area (Å²) < 4.78 is 43.5. The minimum absolute atomic E-state index is 0.0795. The lowest BCUT2D eigenvalue weighted by molar-refractivity contribution is -0.156. The van der Waals surface area contributed by atoms with E-state index >= 15 is 4.39 Å². The van der Waals surface area contributed by atoms with Crippen LogP contribution in [0.2, 0.25) is 10.0 Å². The topological polar surface area (TPSA) is 174 Å². The second-order valence-electron chi connectivity index (χ2n) is 11.9. The number of aryl methyl sites for hydroxylation is 1. The highest BCUT2D eigenvalue weighted by atomic mass is 35.5. The maximum Gasteiger partial charge on any atom is 0.408 e. The molecule has 4 heterocycles.